The number of hydrogen-bond donors (Lipinski definition) is 1. The van der Waals surface area contributed by atoms with Crippen molar-refractivity contribution in [1.29, 1.82) is 0 Å². The summed E-state index contributed by atoms with van der Waals surface area (Å²) in [5, 5.41) is 0. The van der Waals surface area contributed by atoms with Gasteiger partial charge in [0.25, 0.3) is 5.91 Å². The van der Waals surface area contributed by atoms with Crippen molar-refractivity contribution < 1.29 is 13.9 Å². The van der Waals surface area contributed by atoms with Crippen LogP contribution in [0.25, 0.3) is 0 Å². The Morgan fingerprint density at radius 1 is 1.47 bits per heavy atom. The molecule has 15 heavy (non-hydrogen) atoms. The monoisotopic (exact) mass is 207 g/mol. The molecule has 0 aromatic heterocycles. The highest BCUT2D eigenvalue weighted by molar-refractivity contribution is 5.81. The normalized spacial score (nSPS) is 23.2. The maximum atomic E-state index is 12.6. The molecule has 0 bridgehead atoms. The molecule has 1 aliphatic rings. The van der Waals surface area contributed by atoms with Crippen LogP contribution < -0.4 is 5.43 Å². The first-order valence-corrected chi connectivity index (χ1v) is 4.83. The van der Waals surface area contributed by atoms with E-state index in [1.54, 1.807) is 23.0 Å². The van der Waals surface area contributed by atoms with E-state index in [0.29, 0.717) is 6.54 Å². The first-order chi connectivity index (χ1) is 7.15. The largest absolute Gasteiger partial charge is 0.283 e. The van der Waals surface area contributed by atoms with Crippen molar-refractivity contribution in [1.82, 2.24) is 5.43 Å². The molecule has 0 saturated carbocycles. The Kier molecular flexibility index (Phi) is 2.49. The lowest BCUT2D eigenvalue weighted by Crippen LogP contribution is -2.25. The van der Waals surface area contributed by atoms with Crippen LogP contribution in [0.3, 0.4) is 0 Å². The highest BCUT2D eigenvalue weighted by atomic mass is 19.1. The number of hydrazine groups is 1. The van der Waals surface area contributed by atoms with Crippen molar-refractivity contribution in [3.05, 3.63) is 35.6 Å². The molecule has 4 heteroatoms. The zero-order valence-corrected chi connectivity index (χ0v) is 8.40. The first kappa shape index (κ1) is 9.83. The van der Waals surface area contributed by atoms with Gasteiger partial charge in [-0.05, 0) is 31.2 Å². The van der Waals surface area contributed by atoms with Crippen LogP contribution in [0.2, 0.25) is 0 Å². The van der Waals surface area contributed by atoms with Gasteiger partial charge in [-0.25, -0.2) is 4.39 Å². The van der Waals surface area contributed by atoms with Crippen molar-refractivity contribution in [3.8, 4) is 0 Å². The van der Waals surface area contributed by atoms with Gasteiger partial charge in [0.05, 0.1) is 0 Å². The van der Waals surface area contributed by atoms with E-state index in [1.807, 2.05) is 6.92 Å². The van der Waals surface area contributed by atoms with Gasteiger partial charge in [0.2, 0.25) is 6.21 Å². The van der Waals surface area contributed by atoms with Crippen LogP contribution in [-0.4, -0.2) is 23.4 Å². The number of nitrogens with zero attached hydrogens (tertiary/aromatic N) is 1. The summed E-state index contributed by atoms with van der Waals surface area (Å²) in [4.78, 5) is 11.2. The Balaban J connectivity index is 2.17. The topological polar surface area (TPSA) is 32.1 Å². The lowest BCUT2D eigenvalue weighted by molar-refractivity contribution is -0.556. The molecule has 1 unspecified atom stereocenters. The van der Waals surface area contributed by atoms with E-state index in [9.17, 15) is 9.18 Å². The Hall–Kier alpha value is -1.71. The van der Waals surface area contributed by atoms with Gasteiger partial charge in [0, 0.05) is 5.56 Å². The zero-order valence-electron chi connectivity index (χ0n) is 8.40. The van der Waals surface area contributed by atoms with Gasteiger partial charge in [-0.3, -0.25) is 4.79 Å². The van der Waals surface area contributed by atoms with Crippen LogP contribution in [0.1, 0.15) is 12.5 Å². The Morgan fingerprint density at radius 2 is 2.13 bits per heavy atom. The highest BCUT2D eigenvalue weighted by Gasteiger charge is 2.29. The van der Waals surface area contributed by atoms with Gasteiger partial charge >= 0.3 is 0 Å². The summed E-state index contributed by atoms with van der Waals surface area (Å²) in [5.41, 5.74) is 3.58. The van der Waals surface area contributed by atoms with E-state index in [4.69, 9.17) is 0 Å². The van der Waals surface area contributed by atoms with E-state index in [1.165, 1.54) is 12.1 Å². The molecular formula is C11H12FN2O+. The molecule has 1 heterocycles. The molecular weight excluding hydrogens is 195 g/mol. The number of rotatable bonds is 1. The number of halogens is 1. The summed E-state index contributed by atoms with van der Waals surface area (Å²) in [6, 6.07) is 6.13. The molecule has 2 rings (SSSR count). The minimum absolute atomic E-state index is 0.00157. The van der Waals surface area contributed by atoms with Crippen molar-refractivity contribution >= 4 is 12.1 Å². The number of carbonyl (C=O) groups is 1. The van der Waals surface area contributed by atoms with E-state index in [2.05, 4.69) is 5.43 Å². The molecule has 1 aliphatic heterocycles. The highest BCUT2D eigenvalue weighted by Crippen LogP contribution is 2.04. The van der Waals surface area contributed by atoms with Crippen LogP contribution in [0.5, 0.6) is 0 Å². The second-order valence-electron chi connectivity index (χ2n) is 3.71. The van der Waals surface area contributed by atoms with Gasteiger partial charge in [0.15, 0.2) is 6.54 Å². The summed E-state index contributed by atoms with van der Waals surface area (Å²) < 4.78 is 14.3. The fraction of sp³-hybridized carbons (Fsp3) is 0.273. The van der Waals surface area contributed by atoms with Crippen LogP contribution in [0.4, 0.5) is 4.39 Å². The number of hydrazone groups is 1. The molecule has 1 atom stereocenters. The van der Waals surface area contributed by atoms with E-state index in [0.717, 1.165) is 5.56 Å². The predicted molar refractivity (Wildman–Crippen MR) is 54.0 cm³/mol. The van der Waals surface area contributed by atoms with Gasteiger partial charge in [-0.15, -0.1) is 10.1 Å². The van der Waals surface area contributed by atoms with Crippen molar-refractivity contribution in [2.45, 2.75) is 6.92 Å². The predicted octanol–water partition coefficient (Wildman–Crippen LogP) is 0.938. The zero-order chi connectivity index (χ0) is 10.8. The molecule has 0 aliphatic carbocycles. The molecule has 3 nitrogen and oxygen atoms in total. The van der Waals surface area contributed by atoms with Crippen LogP contribution in [0.15, 0.2) is 24.3 Å². The third kappa shape index (κ3) is 2.21. The molecule has 1 aromatic carbocycles. The van der Waals surface area contributed by atoms with Crippen molar-refractivity contribution in [2.24, 2.45) is 5.92 Å². The summed E-state index contributed by atoms with van der Waals surface area (Å²) in [5.74, 6) is -0.235. The molecule has 1 saturated heterocycles. The minimum Gasteiger partial charge on any atom is -0.269 e. The third-order valence-electron chi connectivity index (χ3n) is 2.35. The van der Waals surface area contributed by atoms with Crippen molar-refractivity contribution in [2.75, 3.05) is 6.54 Å². The molecule has 1 N–H and O–H groups in total. The Bertz CT molecular complexity index is 411. The number of benzene rings is 1. The lowest BCUT2D eigenvalue weighted by atomic mass is 10.2. The van der Waals surface area contributed by atoms with E-state index >= 15 is 0 Å². The second-order valence-corrected chi connectivity index (χ2v) is 3.71. The summed E-state index contributed by atoms with van der Waals surface area (Å²) in [6.45, 7) is 2.52. The van der Waals surface area contributed by atoms with E-state index < -0.39 is 0 Å². The Morgan fingerprint density at radius 3 is 2.67 bits per heavy atom. The molecule has 78 valence electrons. The summed E-state index contributed by atoms with van der Waals surface area (Å²) in [6.07, 6.45) is 1.79. The third-order valence-corrected chi connectivity index (χ3v) is 2.35. The van der Waals surface area contributed by atoms with Gasteiger partial charge in [-0.2, -0.15) is 0 Å². The quantitative estimate of drug-likeness (QED) is 0.683. The van der Waals surface area contributed by atoms with Gasteiger partial charge < -0.3 is 0 Å². The van der Waals surface area contributed by atoms with Gasteiger partial charge in [-0.1, -0.05) is 0 Å². The lowest BCUT2D eigenvalue weighted by Gasteiger charge is -1.92. The molecule has 1 amide bonds. The second kappa shape index (κ2) is 3.81. The SMILES string of the molecule is CC1C/[N+](=C\c2ccc(F)cc2)NC1=O. The molecule has 0 radical (unpaired) electrons. The number of carbonyl (C=O) groups excluding carboxylic acids is 1. The number of nitrogens with one attached hydrogen (secondary N) is 1. The van der Waals surface area contributed by atoms with E-state index in [-0.39, 0.29) is 17.6 Å². The minimum atomic E-state index is -0.258. The van der Waals surface area contributed by atoms with Crippen LogP contribution in [0, 0.1) is 11.7 Å². The van der Waals surface area contributed by atoms with Gasteiger partial charge in [0.1, 0.15) is 11.7 Å². The summed E-state index contributed by atoms with van der Waals surface area (Å²) in [7, 11) is 0. The smallest absolute Gasteiger partial charge is 0.269 e. The maximum Gasteiger partial charge on any atom is 0.283 e. The summed E-state index contributed by atoms with van der Waals surface area (Å²) >= 11 is 0. The Labute approximate surface area is 87.2 Å². The number of hydrogen-bond acceptors (Lipinski definition) is 1. The first-order valence-electron chi connectivity index (χ1n) is 4.83. The molecule has 0 spiro atoms. The van der Waals surface area contributed by atoms with Crippen LogP contribution in [-0.2, 0) is 4.79 Å². The molecule has 1 fully saturated rings. The standard InChI is InChI=1S/C11H11FN2O/c1-8-6-14(13-11(8)15)7-9-2-4-10(12)5-3-9/h2-5,7-8H,6H2,1H3/p+1/b14-7+. The average Bonchev–Trinajstić information content (AvgIpc) is 2.50. The fourth-order valence-electron chi connectivity index (χ4n) is 1.49. The average molecular weight is 207 g/mol. The maximum absolute atomic E-state index is 12.6. The van der Waals surface area contributed by atoms with Crippen molar-refractivity contribution in [3.63, 3.8) is 0 Å². The fourth-order valence-corrected chi connectivity index (χ4v) is 1.49. The molecule has 1 aromatic rings. The van der Waals surface area contributed by atoms with Crippen LogP contribution >= 0.6 is 0 Å². The number of amides is 1.